The average molecular weight is 1390 g/mol. The van der Waals surface area contributed by atoms with Crippen molar-refractivity contribution in [3.05, 3.63) is 188 Å². The van der Waals surface area contributed by atoms with Gasteiger partial charge in [0.1, 0.15) is 11.0 Å². The lowest BCUT2D eigenvalue weighted by Gasteiger charge is -2.33. The van der Waals surface area contributed by atoms with Crippen LogP contribution in [0.4, 0.5) is 0 Å². The maximum Gasteiger partial charge on any atom is 0.110 e. The van der Waals surface area contributed by atoms with Crippen molar-refractivity contribution in [2.24, 2.45) is 0 Å². The fraction of sp³-hybridized carbons (Fsp3) is 0.405. The molecule has 0 amide bonds. The molecule has 0 fully saturated rings. The molecule has 0 bridgehead atoms. The highest BCUT2D eigenvalue weighted by atomic mass is 79.9. The zero-order valence-corrected chi connectivity index (χ0v) is 60.3. The van der Waals surface area contributed by atoms with Crippen molar-refractivity contribution >= 4 is 76.9 Å². The van der Waals surface area contributed by atoms with Gasteiger partial charge in [-0.1, -0.05) is 303 Å². The van der Waals surface area contributed by atoms with Gasteiger partial charge in [-0.2, -0.15) is 0 Å². The summed E-state index contributed by atoms with van der Waals surface area (Å²) in [5, 5.41) is 0. The summed E-state index contributed by atoms with van der Waals surface area (Å²) in [6.07, 6.45) is 36.5. The number of rotatable bonds is 34. The first-order valence-electron chi connectivity index (χ1n) is 35.3. The summed E-state index contributed by atoms with van der Waals surface area (Å²) in [7, 11) is 0. The van der Waals surface area contributed by atoms with Gasteiger partial charge in [-0.25, -0.2) is 9.97 Å². The Morgan fingerprint density at radius 1 is 0.297 bits per heavy atom. The highest BCUT2D eigenvalue weighted by molar-refractivity contribution is 9.11. The molecular formula is C84H94Br2N2S3. The van der Waals surface area contributed by atoms with Crippen molar-refractivity contribution in [1.29, 1.82) is 0 Å². The average Bonchev–Trinajstić information content (AvgIpc) is 1.60. The molecule has 0 aliphatic heterocycles. The lowest BCUT2D eigenvalue weighted by Crippen LogP contribution is -2.25. The first-order chi connectivity index (χ1) is 44.8. The summed E-state index contributed by atoms with van der Waals surface area (Å²) >= 11 is 13.0. The van der Waals surface area contributed by atoms with Crippen LogP contribution in [0.25, 0.3) is 97.6 Å². The molecule has 0 saturated carbocycles. The zero-order chi connectivity index (χ0) is 62.6. The number of unbranched alkanes of at least 4 members (excludes halogenated alkanes) is 20. The summed E-state index contributed by atoms with van der Waals surface area (Å²) in [5.41, 5.74) is 22.9. The van der Waals surface area contributed by atoms with Gasteiger partial charge in [0.2, 0.25) is 0 Å². The molecule has 4 heterocycles. The molecule has 7 heteroatoms. The maximum absolute atomic E-state index is 5.83. The van der Waals surface area contributed by atoms with Crippen LogP contribution in [0.3, 0.4) is 0 Å². The van der Waals surface area contributed by atoms with E-state index in [0.29, 0.717) is 0 Å². The predicted molar refractivity (Wildman–Crippen MR) is 406 cm³/mol. The number of fused-ring (bicyclic) bond motifs is 7. The van der Waals surface area contributed by atoms with E-state index >= 15 is 0 Å². The monoisotopic (exact) mass is 1380 g/mol. The Balaban J connectivity index is 0.922. The SMILES string of the molecule is CCCCCCCCC1(CCCCCCCC)c2ccccc2-c2ccc(-c3ccc(-c4nc5c(-c6ccc(Br)s6)sc(-c6ccc(Br)s6)c5nc4-c4ccc(-c5ccc6c(c5)C(CCCCCCCC)(CCCCCCCC)c5ccccc5-6)cc4)cc3)cc21. The van der Waals surface area contributed by atoms with E-state index in [4.69, 9.17) is 9.97 Å². The molecule has 0 unspecified atom stereocenters. The molecule has 0 radical (unpaired) electrons. The van der Waals surface area contributed by atoms with Crippen molar-refractivity contribution in [3.8, 4) is 86.5 Å². The molecule has 0 N–H and O–H groups in total. The quantitative estimate of drug-likeness (QED) is 0.0376. The summed E-state index contributed by atoms with van der Waals surface area (Å²) < 4.78 is 2.22. The summed E-state index contributed by atoms with van der Waals surface area (Å²) in [5.74, 6) is 0. The Labute approximate surface area is 574 Å². The van der Waals surface area contributed by atoms with E-state index < -0.39 is 0 Å². The Morgan fingerprint density at radius 3 is 0.945 bits per heavy atom. The van der Waals surface area contributed by atoms with E-state index in [2.05, 4.69) is 217 Å². The molecule has 472 valence electrons. The van der Waals surface area contributed by atoms with E-state index in [9.17, 15) is 0 Å². The van der Waals surface area contributed by atoms with Crippen LogP contribution >= 0.6 is 65.9 Å². The standard InChI is InChI=1S/C84H94Br2N2S3/c1-5-9-13-17-21-29-53-83(54-30-22-18-14-10-6-2)69-35-27-25-33-65(69)67-47-45-63(57-71(67)83)59-37-41-61(42-38-59)77-78(88-80-79(87-77)81(73-49-51-75(85)89-73)91-82(80)74-50-52-76(86)90-74)62-43-39-60(40-44-62)64-46-48-68-66-34-26-28-36-70(66)84(72(68)58-64,55-31-23-19-15-11-7-3)56-32-24-20-16-12-8-4/h25-28,33-52,57-58H,5-24,29-32,53-56H2,1-4H3. The van der Waals surface area contributed by atoms with E-state index in [1.54, 1.807) is 44.9 Å². The van der Waals surface area contributed by atoms with Crippen molar-refractivity contribution in [2.45, 2.75) is 218 Å². The topological polar surface area (TPSA) is 25.8 Å². The third-order valence-corrected chi connectivity index (χ3v) is 25.2. The lowest BCUT2D eigenvalue weighted by molar-refractivity contribution is 0.398. The fourth-order valence-electron chi connectivity index (χ4n) is 15.6. The number of hydrogen-bond donors (Lipinski definition) is 0. The van der Waals surface area contributed by atoms with Gasteiger partial charge in [0.25, 0.3) is 0 Å². The Hall–Kier alpha value is -5.28. The number of nitrogens with zero attached hydrogens (tertiary/aromatic N) is 2. The van der Waals surface area contributed by atoms with Gasteiger partial charge in [0, 0.05) is 31.7 Å². The minimum absolute atomic E-state index is 0.0265. The molecular weight excluding hydrogens is 1290 g/mol. The van der Waals surface area contributed by atoms with Crippen LogP contribution in [0, 0.1) is 0 Å². The second kappa shape index (κ2) is 31.3. The molecule has 4 aromatic heterocycles. The number of benzene rings is 6. The summed E-state index contributed by atoms with van der Waals surface area (Å²) in [6.45, 7) is 9.31. The van der Waals surface area contributed by atoms with E-state index in [-0.39, 0.29) is 10.8 Å². The molecule has 2 aliphatic rings. The summed E-state index contributed by atoms with van der Waals surface area (Å²) in [4.78, 5) is 16.4. The molecule has 12 rings (SSSR count). The molecule has 0 saturated heterocycles. The molecule has 91 heavy (non-hydrogen) atoms. The van der Waals surface area contributed by atoms with Crippen molar-refractivity contribution < 1.29 is 0 Å². The third-order valence-electron chi connectivity index (χ3n) is 20.5. The van der Waals surface area contributed by atoms with Crippen LogP contribution in [0.1, 0.15) is 230 Å². The van der Waals surface area contributed by atoms with E-state index in [0.717, 1.165) is 50.9 Å². The second-order valence-corrected chi connectivity index (χ2v) is 32.5. The summed E-state index contributed by atoms with van der Waals surface area (Å²) in [6, 6.07) is 61.2. The minimum Gasteiger partial charge on any atom is -0.242 e. The third kappa shape index (κ3) is 14.4. The van der Waals surface area contributed by atoms with E-state index in [1.165, 1.54) is 234 Å². The molecule has 6 aromatic carbocycles. The van der Waals surface area contributed by atoms with E-state index in [1.807, 2.05) is 11.3 Å². The molecule has 10 aromatic rings. The van der Waals surface area contributed by atoms with Crippen molar-refractivity contribution in [3.63, 3.8) is 0 Å². The van der Waals surface area contributed by atoms with Gasteiger partial charge < -0.3 is 0 Å². The van der Waals surface area contributed by atoms with Crippen LogP contribution in [-0.2, 0) is 10.8 Å². The van der Waals surface area contributed by atoms with Gasteiger partial charge >= 0.3 is 0 Å². The number of halogens is 2. The first kappa shape index (κ1) is 65.8. The maximum atomic E-state index is 5.83. The Kier molecular flexibility index (Phi) is 22.6. The number of hydrogen-bond acceptors (Lipinski definition) is 5. The Bertz CT molecular complexity index is 3720. The highest BCUT2D eigenvalue weighted by Gasteiger charge is 2.44. The van der Waals surface area contributed by atoms with Gasteiger partial charge in [-0.05, 0) is 161 Å². The van der Waals surface area contributed by atoms with Crippen molar-refractivity contribution in [2.75, 3.05) is 0 Å². The van der Waals surface area contributed by atoms with Crippen LogP contribution in [0.2, 0.25) is 0 Å². The fourth-order valence-corrected chi connectivity index (χ4v) is 19.8. The highest BCUT2D eigenvalue weighted by Crippen LogP contribution is 2.57. The Morgan fingerprint density at radius 2 is 0.604 bits per heavy atom. The number of aromatic nitrogens is 2. The largest absolute Gasteiger partial charge is 0.242 e. The van der Waals surface area contributed by atoms with Crippen LogP contribution in [0.15, 0.2) is 165 Å². The van der Waals surface area contributed by atoms with Gasteiger partial charge in [0.15, 0.2) is 0 Å². The van der Waals surface area contributed by atoms with Gasteiger partial charge in [-0.3, -0.25) is 0 Å². The second-order valence-electron chi connectivity index (χ2n) is 26.6. The van der Waals surface area contributed by atoms with Gasteiger partial charge in [0.05, 0.1) is 28.7 Å². The zero-order valence-electron chi connectivity index (χ0n) is 54.7. The van der Waals surface area contributed by atoms with Crippen molar-refractivity contribution in [1.82, 2.24) is 9.97 Å². The molecule has 0 atom stereocenters. The molecule has 0 spiro atoms. The van der Waals surface area contributed by atoms with Crippen LogP contribution in [-0.4, -0.2) is 9.97 Å². The van der Waals surface area contributed by atoms with Crippen LogP contribution in [0.5, 0.6) is 0 Å². The van der Waals surface area contributed by atoms with Gasteiger partial charge in [-0.15, -0.1) is 34.0 Å². The lowest BCUT2D eigenvalue weighted by atomic mass is 9.70. The number of thiophene rings is 3. The molecule has 2 aliphatic carbocycles. The molecule has 2 nitrogen and oxygen atoms in total. The normalized spacial score (nSPS) is 13.5. The predicted octanol–water partition coefficient (Wildman–Crippen LogP) is 28.9. The first-order valence-corrected chi connectivity index (χ1v) is 39.4. The minimum atomic E-state index is 0.0265. The smallest absolute Gasteiger partial charge is 0.110 e. The van der Waals surface area contributed by atoms with Crippen LogP contribution < -0.4 is 0 Å².